The van der Waals surface area contributed by atoms with Gasteiger partial charge < -0.3 is 10.6 Å². The highest BCUT2D eigenvalue weighted by atomic mass is 32.2. The third-order valence-electron chi connectivity index (χ3n) is 4.74. The van der Waals surface area contributed by atoms with Crippen LogP contribution in [0.3, 0.4) is 0 Å². The fourth-order valence-corrected chi connectivity index (χ4v) is 7.47. The summed E-state index contributed by atoms with van der Waals surface area (Å²) in [5, 5.41) is 6.95. The van der Waals surface area contributed by atoms with Crippen LogP contribution in [0.4, 0.5) is 11.4 Å². The van der Waals surface area contributed by atoms with Gasteiger partial charge in [0.25, 0.3) is 0 Å². The quantitative estimate of drug-likeness (QED) is 0.684. The van der Waals surface area contributed by atoms with Gasteiger partial charge in [0.05, 0.1) is 24.0 Å². The molecule has 2 aliphatic heterocycles. The summed E-state index contributed by atoms with van der Waals surface area (Å²) in [4.78, 5) is 17.9. The second-order valence-electron chi connectivity index (χ2n) is 7.01. The van der Waals surface area contributed by atoms with E-state index < -0.39 is 9.84 Å². The highest BCUT2D eigenvalue weighted by Gasteiger charge is 2.42. The summed E-state index contributed by atoms with van der Waals surface area (Å²) >= 11 is 3.13. The second kappa shape index (κ2) is 8.41. The molecule has 2 aliphatic rings. The van der Waals surface area contributed by atoms with Crippen LogP contribution in [0, 0.1) is 0 Å². The minimum absolute atomic E-state index is 0.0232. The first-order valence-corrected chi connectivity index (χ1v) is 13.1. The Hall–Kier alpha value is -1.97. The summed E-state index contributed by atoms with van der Waals surface area (Å²) in [7, 11) is -2.94. The summed E-state index contributed by atoms with van der Waals surface area (Å²) < 4.78 is 23.3. The molecule has 1 amide bonds. The van der Waals surface area contributed by atoms with Gasteiger partial charge in [0.2, 0.25) is 5.91 Å². The summed E-state index contributed by atoms with van der Waals surface area (Å²) in [6.07, 6.45) is 2.29. The lowest BCUT2D eigenvalue weighted by Gasteiger charge is -2.09. The van der Waals surface area contributed by atoms with E-state index in [-0.39, 0.29) is 28.7 Å². The van der Waals surface area contributed by atoms with E-state index >= 15 is 0 Å². The van der Waals surface area contributed by atoms with Crippen molar-refractivity contribution in [1.29, 1.82) is 0 Å². The van der Waals surface area contributed by atoms with E-state index in [9.17, 15) is 13.2 Å². The van der Waals surface area contributed by atoms with Gasteiger partial charge in [-0.15, -0.1) is 11.8 Å². The number of benzene rings is 2. The van der Waals surface area contributed by atoms with E-state index in [0.717, 1.165) is 27.0 Å². The van der Waals surface area contributed by atoms with Gasteiger partial charge in [0, 0.05) is 21.5 Å². The topological polar surface area (TPSA) is 87.6 Å². The van der Waals surface area contributed by atoms with E-state index in [4.69, 9.17) is 0 Å². The predicted molar refractivity (Wildman–Crippen MR) is 122 cm³/mol. The van der Waals surface area contributed by atoms with Crippen LogP contribution < -0.4 is 10.6 Å². The average molecular weight is 448 g/mol. The molecule has 9 heteroatoms. The minimum atomic E-state index is -2.94. The van der Waals surface area contributed by atoms with E-state index in [1.54, 1.807) is 11.8 Å². The van der Waals surface area contributed by atoms with Crippen molar-refractivity contribution in [3.05, 3.63) is 54.1 Å². The minimum Gasteiger partial charge on any atom is -0.335 e. The number of carbonyl (C=O) groups is 1. The Morgan fingerprint density at radius 1 is 1.17 bits per heavy atom. The molecule has 2 aromatic carbocycles. The van der Waals surface area contributed by atoms with Crippen LogP contribution in [0.25, 0.3) is 0 Å². The molecule has 29 heavy (non-hydrogen) atoms. The van der Waals surface area contributed by atoms with E-state index in [1.807, 2.05) is 54.8 Å². The van der Waals surface area contributed by atoms with Crippen molar-refractivity contribution in [3.63, 3.8) is 0 Å². The van der Waals surface area contributed by atoms with Crippen molar-refractivity contribution in [3.8, 4) is 0 Å². The van der Waals surface area contributed by atoms with E-state index in [1.165, 1.54) is 11.8 Å². The Labute approximate surface area is 178 Å². The summed E-state index contributed by atoms with van der Waals surface area (Å²) in [6.45, 7) is 0. The first kappa shape index (κ1) is 20.3. The number of rotatable bonds is 5. The summed E-state index contributed by atoms with van der Waals surface area (Å²) in [5.74, 6) is 0.281. The molecule has 6 nitrogen and oxygen atoms in total. The number of hydrogen-bond donors (Lipinski definition) is 2. The molecule has 2 atom stereocenters. The molecule has 1 fully saturated rings. The zero-order chi connectivity index (χ0) is 20.4. The van der Waals surface area contributed by atoms with Crippen molar-refractivity contribution in [2.24, 2.45) is 4.99 Å². The Kier molecular flexibility index (Phi) is 5.89. The van der Waals surface area contributed by atoms with Crippen LogP contribution in [0.2, 0.25) is 0 Å². The molecule has 0 unspecified atom stereocenters. The predicted octanol–water partition coefficient (Wildman–Crippen LogP) is 3.27. The van der Waals surface area contributed by atoms with Crippen molar-refractivity contribution < 1.29 is 13.2 Å². The molecule has 1 saturated heterocycles. The molecule has 0 spiro atoms. The molecular weight excluding hydrogens is 426 g/mol. The largest absolute Gasteiger partial charge is 0.335 e. The zero-order valence-corrected chi connectivity index (χ0v) is 18.2. The number of fused-ring (bicyclic) bond motifs is 1. The molecule has 0 radical (unpaired) electrons. The van der Waals surface area contributed by atoms with Gasteiger partial charge >= 0.3 is 0 Å². The first-order valence-electron chi connectivity index (χ1n) is 9.15. The number of sulfone groups is 1. The van der Waals surface area contributed by atoms with Crippen LogP contribution in [0.1, 0.15) is 5.56 Å². The number of aliphatic imine (C=N–C) groups is 1. The van der Waals surface area contributed by atoms with Gasteiger partial charge in [-0.1, -0.05) is 30.0 Å². The van der Waals surface area contributed by atoms with Gasteiger partial charge in [-0.2, -0.15) is 0 Å². The third-order valence-corrected chi connectivity index (χ3v) is 8.61. The Morgan fingerprint density at radius 2 is 1.97 bits per heavy atom. The molecule has 4 rings (SSSR count). The zero-order valence-electron chi connectivity index (χ0n) is 15.8. The highest BCUT2D eigenvalue weighted by Crippen LogP contribution is 2.34. The van der Waals surface area contributed by atoms with E-state index in [2.05, 4.69) is 15.6 Å². The Bertz CT molecular complexity index is 1050. The number of hydrogen-bond acceptors (Lipinski definition) is 7. The number of thioether (sulfide) groups is 2. The van der Waals surface area contributed by atoms with Crippen LogP contribution in [-0.4, -0.2) is 48.5 Å². The fourth-order valence-electron chi connectivity index (χ4n) is 3.34. The molecule has 2 heterocycles. The molecular formula is C20H21N3O3S3. The molecule has 0 bridgehead atoms. The number of amidine groups is 1. The van der Waals surface area contributed by atoms with Gasteiger partial charge in [0.1, 0.15) is 0 Å². The lowest BCUT2D eigenvalue weighted by molar-refractivity contribution is -0.115. The van der Waals surface area contributed by atoms with Crippen LogP contribution in [-0.2, 0) is 21.1 Å². The standard InChI is InChI=1S/C20H21N3O3S3/c1-27-16-4-2-3-15(10-16)21-19(24)9-13-5-7-14(8-6-13)22-20-23-17-11-29(25,26)12-18(17)28-20/h2-8,10,17-18H,9,11-12H2,1H3,(H,21,24)(H,22,23)/t17-,18-/m1/s1. The van der Waals surface area contributed by atoms with Gasteiger partial charge in [-0.25, -0.2) is 8.42 Å². The molecule has 0 aromatic heterocycles. The van der Waals surface area contributed by atoms with Crippen LogP contribution in [0.5, 0.6) is 0 Å². The summed E-state index contributed by atoms with van der Waals surface area (Å²) in [5.41, 5.74) is 2.58. The second-order valence-corrected chi connectivity index (χ2v) is 11.3. The number of carbonyl (C=O) groups excluding carboxylic acids is 1. The SMILES string of the molecule is CSc1cccc(NC(=O)Cc2ccc(NC3=N[C@@H]4CS(=O)(=O)C[C@H]4S3)cc2)c1. The fraction of sp³-hybridized carbons (Fsp3) is 0.300. The number of nitrogens with zero attached hydrogens (tertiary/aromatic N) is 1. The average Bonchev–Trinajstić information content (AvgIpc) is 3.16. The Morgan fingerprint density at radius 3 is 2.69 bits per heavy atom. The van der Waals surface area contributed by atoms with E-state index in [0.29, 0.717) is 6.42 Å². The van der Waals surface area contributed by atoms with Crippen molar-refractivity contribution in [1.82, 2.24) is 0 Å². The highest BCUT2D eigenvalue weighted by molar-refractivity contribution is 8.15. The normalized spacial score (nSPS) is 22.0. The molecule has 0 aliphatic carbocycles. The third kappa shape index (κ3) is 5.15. The van der Waals surface area contributed by atoms with Crippen LogP contribution >= 0.6 is 23.5 Å². The maximum atomic E-state index is 12.3. The molecule has 0 saturated carbocycles. The molecule has 2 aromatic rings. The smallest absolute Gasteiger partial charge is 0.228 e. The maximum absolute atomic E-state index is 12.3. The van der Waals surface area contributed by atoms with Crippen LogP contribution in [0.15, 0.2) is 58.4 Å². The van der Waals surface area contributed by atoms with Crippen molar-refractivity contribution in [2.75, 3.05) is 28.4 Å². The lowest BCUT2D eigenvalue weighted by atomic mass is 10.1. The number of anilines is 2. The number of nitrogens with one attached hydrogen (secondary N) is 2. The van der Waals surface area contributed by atoms with Crippen molar-refractivity contribution in [2.45, 2.75) is 22.6 Å². The number of amides is 1. The van der Waals surface area contributed by atoms with Gasteiger partial charge in [-0.3, -0.25) is 9.79 Å². The lowest BCUT2D eigenvalue weighted by Crippen LogP contribution is -2.14. The van der Waals surface area contributed by atoms with Gasteiger partial charge in [0.15, 0.2) is 15.0 Å². The van der Waals surface area contributed by atoms with Crippen molar-refractivity contribution >= 4 is 55.8 Å². The Balaban J connectivity index is 1.32. The monoisotopic (exact) mass is 447 g/mol. The molecule has 152 valence electrons. The van der Waals surface area contributed by atoms with Gasteiger partial charge in [-0.05, 0) is 42.2 Å². The summed E-state index contributed by atoms with van der Waals surface area (Å²) in [6, 6.07) is 15.3. The maximum Gasteiger partial charge on any atom is 0.228 e. The molecule has 2 N–H and O–H groups in total. The first-order chi connectivity index (χ1) is 13.9.